The van der Waals surface area contributed by atoms with E-state index in [2.05, 4.69) is 17.2 Å². The van der Waals surface area contributed by atoms with Gasteiger partial charge in [-0.05, 0) is 43.4 Å². The molecule has 1 fully saturated rings. The summed E-state index contributed by atoms with van der Waals surface area (Å²) < 4.78 is 1.64. The molecule has 2 N–H and O–H groups in total. The molecule has 1 aromatic carbocycles. The molecule has 0 spiro atoms. The van der Waals surface area contributed by atoms with Crippen LogP contribution in [0.2, 0.25) is 0 Å². The van der Waals surface area contributed by atoms with Crippen LogP contribution in [0.5, 0.6) is 0 Å². The molecule has 3 rings (SSSR count). The Morgan fingerprint density at radius 1 is 1.43 bits per heavy atom. The van der Waals surface area contributed by atoms with Crippen LogP contribution in [0.25, 0.3) is 5.69 Å². The molecule has 1 aliphatic heterocycles. The minimum absolute atomic E-state index is 0.0779. The van der Waals surface area contributed by atoms with Crippen molar-refractivity contribution in [1.29, 1.82) is 0 Å². The van der Waals surface area contributed by atoms with Crippen LogP contribution in [-0.4, -0.2) is 44.9 Å². The molecule has 0 unspecified atom stereocenters. The third-order valence-electron chi connectivity index (χ3n) is 4.60. The van der Waals surface area contributed by atoms with Crippen molar-refractivity contribution in [2.75, 3.05) is 13.1 Å². The van der Waals surface area contributed by atoms with E-state index in [1.54, 1.807) is 10.9 Å². The molecule has 1 saturated heterocycles. The van der Waals surface area contributed by atoms with Crippen LogP contribution in [0.4, 0.5) is 0 Å². The molecule has 1 aliphatic rings. The first-order valence-corrected chi connectivity index (χ1v) is 8.10. The fourth-order valence-corrected chi connectivity index (χ4v) is 3.27. The minimum Gasteiger partial charge on any atom is -0.333 e. The van der Waals surface area contributed by atoms with E-state index in [9.17, 15) is 4.79 Å². The molecule has 0 saturated carbocycles. The van der Waals surface area contributed by atoms with Gasteiger partial charge in [0.25, 0.3) is 5.91 Å². The van der Waals surface area contributed by atoms with E-state index in [4.69, 9.17) is 5.73 Å². The van der Waals surface area contributed by atoms with E-state index in [0.717, 1.165) is 30.6 Å². The van der Waals surface area contributed by atoms with Gasteiger partial charge < -0.3 is 10.6 Å². The van der Waals surface area contributed by atoms with Crippen LogP contribution < -0.4 is 5.73 Å². The van der Waals surface area contributed by atoms with Gasteiger partial charge in [-0.25, -0.2) is 4.68 Å². The van der Waals surface area contributed by atoms with Crippen molar-refractivity contribution in [2.24, 2.45) is 11.7 Å². The van der Waals surface area contributed by atoms with Crippen molar-refractivity contribution in [3.05, 3.63) is 41.7 Å². The first kappa shape index (κ1) is 15.7. The number of hydrogen-bond acceptors (Lipinski definition) is 4. The number of piperidine rings is 1. The van der Waals surface area contributed by atoms with Gasteiger partial charge in [-0.3, -0.25) is 4.79 Å². The van der Waals surface area contributed by atoms with Gasteiger partial charge in [-0.15, -0.1) is 5.10 Å². The average molecular weight is 313 g/mol. The molecule has 1 amide bonds. The molecule has 0 aliphatic carbocycles. The fourth-order valence-electron chi connectivity index (χ4n) is 3.27. The van der Waals surface area contributed by atoms with Crippen molar-refractivity contribution in [3.8, 4) is 5.69 Å². The smallest absolute Gasteiger partial charge is 0.276 e. The Labute approximate surface area is 136 Å². The molecule has 23 heavy (non-hydrogen) atoms. The summed E-state index contributed by atoms with van der Waals surface area (Å²) in [5.74, 6) is 0.343. The summed E-state index contributed by atoms with van der Waals surface area (Å²) in [6.07, 6.45) is 3.82. The zero-order valence-electron chi connectivity index (χ0n) is 13.6. The van der Waals surface area contributed by atoms with Crippen LogP contribution in [-0.2, 0) is 0 Å². The molecule has 1 aromatic heterocycles. The van der Waals surface area contributed by atoms with Gasteiger partial charge in [0.15, 0.2) is 5.69 Å². The Bertz CT molecular complexity index is 696. The lowest BCUT2D eigenvalue weighted by Crippen LogP contribution is -2.51. The average Bonchev–Trinajstić information content (AvgIpc) is 3.04. The third kappa shape index (κ3) is 3.12. The van der Waals surface area contributed by atoms with E-state index in [1.807, 2.05) is 36.1 Å². The van der Waals surface area contributed by atoms with Gasteiger partial charge in [-0.2, -0.15) is 0 Å². The summed E-state index contributed by atoms with van der Waals surface area (Å²) in [7, 11) is 0. The predicted octanol–water partition coefficient (Wildman–Crippen LogP) is 1.78. The number of amides is 1. The van der Waals surface area contributed by atoms with Crippen LogP contribution in [0.1, 0.15) is 35.8 Å². The van der Waals surface area contributed by atoms with Crippen molar-refractivity contribution in [1.82, 2.24) is 19.9 Å². The van der Waals surface area contributed by atoms with E-state index in [1.165, 1.54) is 0 Å². The molecule has 6 heteroatoms. The normalized spacial score (nSPS) is 21.4. The molecule has 2 aromatic rings. The quantitative estimate of drug-likeness (QED) is 0.937. The summed E-state index contributed by atoms with van der Waals surface area (Å²) in [5, 5.41) is 8.17. The van der Waals surface area contributed by atoms with Gasteiger partial charge in [0, 0.05) is 19.1 Å². The molecule has 6 nitrogen and oxygen atoms in total. The summed E-state index contributed by atoms with van der Waals surface area (Å²) in [5.41, 5.74) is 8.29. The van der Waals surface area contributed by atoms with Gasteiger partial charge in [0.1, 0.15) is 0 Å². The third-order valence-corrected chi connectivity index (χ3v) is 4.60. The Balaban J connectivity index is 1.83. The first-order valence-electron chi connectivity index (χ1n) is 8.10. The zero-order chi connectivity index (χ0) is 16.4. The topological polar surface area (TPSA) is 77.0 Å². The largest absolute Gasteiger partial charge is 0.333 e. The minimum atomic E-state index is -0.0779. The fraction of sp³-hybridized carbons (Fsp3) is 0.471. The summed E-state index contributed by atoms with van der Waals surface area (Å²) in [6, 6.07) is 8.02. The Hall–Kier alpha value is -2.21. The van der Waals surface area contributed by atoms with Crippen molar-refractivity contribution in [3.63, 3.8) is 0 Å². The highest BCUT2D eigenvalue weighted by atomic mass is 16.2. The second-order valence-electron chi connectivity index (χ2n) is 6.31. The molecular weight excluding hydrogens is 290 g/mol. The highest BCUT2D eigenvalue weighted by Gasteiger charge is 2.32. The standard InChI is InChI=1S/C17H23N5O/c1-12-5-3-7-14(9-12)22-11-15(19-20-22)17(23)21-8-4-6-13(2)16(21)10-18/h3,5,7,9,11,13,16H,4,6,8,10,18H2,1-2H3/t13-,16+/m1/s1. The van der Waals surface area contributed by atoms with E-state index in [0.29, 0.717) is 18.2 Å². The lowest BCUT2D eigenvalue weighted by molar-refractivity contribution is 0.0526. The van der Waals surface area contributed by atoms with Gasteiger partial charge >= 0.3 is 0 Å². The maximum absolute atomic E-state index is 12.8. The SMILES string of the molecule is Cc1cccc(-n2cc(C(=O)N3CCC[C@@H](C)[C@@H]3CN)nn2)c1. The summed E-state index contributed by atoms with van der Waals surface area (Å²) >= 11 is 0. The van der Waals surface area contributed by atoms with E-state index >= 15 is 0 Å². The molecule has 0 radical (unpaired) electrons. The Morgan fingerprint density at radius 2 is 2.26 bits per heavy atom. The van der Waals surface area contributed by atoms with Crippen LogP contribution in [0, 0.1) is 12.8 Å². The molecule has 122 valence electrons. The number of hydrogen-bond donors (Lipinski definition) is 1. The van der Waals surface area contributed by atoms with Crippen molar-refractivity contribution in [2.45, 2.75) is 32.7 Å². The predicted molar refractivity (Wildman–Crippen MR) is 88.4 cm³/mol. The summed E-state index contributed by atoms with van der Waals surface area (Å²) in [4.78, 5) is 14.6. The van der Waals surface area contributed by atoms with Crippen LogP contribution >= 0.6 is 0 Å². The van der Waals surface area contributed by atoms with Gasteiger partial charge in [0.2, 0.25) is 0 Å². The lowest BCUT2D eigenvalue weighted by atomic mass is 9.90. The van der Waals surface area contributed by atoms with Gasteiger partial charge in [0.05, 0.1) is 11.9 Å². The zero-order valence-corrected chi connectivity index (χ0v) is 13.6. The number of rotatable bonds is 3. The highest BCUT2D eigenvalue weighted by Crippen LogP contribution is 2.24. The Morgan fingerprint density at radius 3 is 3.00 bits per heavy atom. The maximum atomic E-state index is 12.8. The van der Waals surface area contributed by atoms with E-state index in [-0.39, 0.29) is 11.9 Å². The number of aryl methyl sites for hydroxylation is 1. The Kier molecular flexibility index (Phi) is 4.43. The number of nitrogens with two attached hydrogens (primary N) is 1. The van der Waals surface area contributed by atoms with Crippen LogP contribution in [0.3, 0.4) is 0 Å². The molecule has 2 atom stereocenters. The monoisotopic (exact) mass is 313 g/mol. The molecular formula is C17H23N5O. The first-order chi connectivity index (χ1) is 11.1. The number of aromatic nitrogens is 3. The van der Waals surface area contributed by atoms with E-state index < -0.39 is 0 Å². The van der Waals surface area contributed by atoms with Crippen LogP contribution in [0.15, 0.2) is 30.5 Å². The van der Waals surface area contributed by atoms with Crippen molar-refractivity contribution < 1.29 is 4.79 Å². The number of nitrogens with zero attached hydrogens (tertiary/aromatic N) is 4. The highest BCUT2D eigenvalue weighted by molar-refractivity contribution is 5.92. The second kappa shape index (κ2) is 6.50. The lowest BCUT2D eigenvalue weighted by Gasteiger charge is -2.39. The number of likely N-dealkylation sites (tertiary alicyclic amines) is 1. The number of carbonyl (C=O) groups is 1. The molecule has 0 bridgehead atoms. The molecule has 2 heterocycles. The second-order valence-corrected chi connectivity index (χ2v) is 6.31. The summed E-state index contributed by atoms with van der Waals surface area (Å²) in [6.45, 7) is 5.40. The number of carbonyl (C=O) groups excluding carboxylic acids is 1. The number of benzene rings is 1. The maximum Gasteiger partial charge on any atom is 0.276 e. The van der Waals surface area contributed by atoms with Crippen molar-refractivity contribution >= 4 is 5.91 Å². The van der Waals surface area contributed by atoms with Gasteiger partial charge in [-0.1, -0.05) is 24.3 Å².